The highest BCUT2D eigenvalue weighted by molar-refractivity contribution is 7.87. The fourth-order valence-corrected chi connectivity index (χ4v) is 3.39. The molecule has 0 radical (unpaired) electrons. The zero-order valence-corrected chi connectivity index (χ0v) is 10.9. The largest absolute Gasteiger partial charge is 0.481 e. The van der Waals surface area contributed by atoms with Crippen molar-refractivity contribution < 1.29 is 18.3 Å². The van der Waals surface area contributed by atoms with E-state index in [1.807, 2.05) is 0 Å². The van der Waals surface area contributed by atoms with Gasteiger partial charge in [0.05, 0.1) is 6.42 Å². The summed E-state index contributed by atoms with van der Waals surface area (Å²) >= 11 is 0. The van der Waals surface area contributed by atoms with Crippen molar-refractivity contribution in [2.45, 2.75) is 45.1 Å². The van der Waals surface area contributed by atoms with Gasteiger partial charge in [-0.2, -0.15) is 17.4 Å². The number of hydrogen-bond donors (Lipinski definition) is 2. The molecule has 17 heavy (non-hydrogen) atoms. The Morgan fingerprint density at radius 3 is 2.29 bits per heavy atom. The Bertz CT molecular complexity index is 347. The highest BCUT2D eigenvalue weighted by Crippen LogP contribution is 2.12. The third kappa shape index (κ3) is 5.01. The van der Waals surface area contributed by atoms with Gasteiger partial charge in [0.1, 0.15) is 0 Å². The van der Waals surface area contributed by atoms with Crippen LogP contribution in [-0.4, -0.2) is 42.9 Å². The normalized spacial score (nSPS) is 20.8. The summed E-state index contributed by atoms with van der Waals surface area (Å²) in [6.45, 7) is 2.60. The summed E-state index contributed by atoms with van der Waals surface area (Å²) in [5.74, 6) is -1.00. The molecule has 7 heteroatoms. The van der Waals surface area contributed by atoms with Crippen molar-refractivity contribution in [2.75, 3.05) is 13.1 Å². The predicted molar refractivity (Wildman–Crippen MR) is 63.8 cm³/mol. The third-order valence-corrected chi connectivity index (χ3v) is 4.48. The van der Waals surface area contributed by atoms with E-state index in [0.717, 1.165) is 25.7 Å². The van der Waals surface area contributed by atoms with Gasteiger partial charge < -0.3 is 5.11 Å². The molecule has 0 aromatic rings. The van der Waals surface area contributed by atoms with E-state index in [0.29, 0.717) is 13.1 Å². The van der Waals surface area contributed by atoms with Gasteiger partial charge in [-0.3, -0.25) is 4.79 Å². The van der Waals surface area contributed by atoms with Crippen LogP contribution in [0.3, 0.4) is 0 Å². The number of carboxylic acids is 1. The summed E-state index contributed by atoms with van der Waals surface area (Å²) < 4.78 is 27.7. The average Bonchev–Trinajstić information content (AvgIpc) is 2.42. The van der Waals surface area contributed by atoms with Crippen LogP contribution in [0.25, 0.3) is 0 Å². The smallest absolute Gasteiger partial charge is 0.304 e. The van der Waals surface area contributed by atoms with Crippen molar-refractivity contribution >= 4 is 16.2 Å². The molecule has 0 bridgehead atoms. The van der Waals surface area contributed by atoms with Gasteiger partial charge in [0.25, 0.3) is 10.2 Å². The lowest BCUT2D eigenvalue weighted by molar-refractivity contribution is -0.137. The molecule has 1 aliphatic heterocycles. The first-order valence-electron chi connectivity index (χ1n) is 5.91. The molecule has 6 nitrogen and oxygen atoms in total. The van der Waals surface area contributed by atoms with E-state index < -0.39 is 22.2 Å². The molecule has 1 atom stereocenters. The first-order valence-corrected chi connectivity index (χ1v) is 7.35. The zero-order valence-electron chi connectivity index (χ0n) is 10.1. The van der Waals surface area contributed by atoms with Gasteiger partial charge in [0.15, 0.2) is 0 Å². The second-order valence-corrected chi connectivity index (χ2v) is 6.14. The van der Waals surface area contributed by atoms with Gasteiger partial charge >= 0.3 is 5.97 Å². The summed E-state index contributed by atoms with van der Waals surface area (Å²) in [6, 6.07) is -0.583. The number of carbonyl (C=O) groups is 1. The van der Waals surface area contributed by atoms with E-state index in [1.165, 1.54) is 4.31 Å². The minimum atomic E-state index is -3.53. The fraction of sp³-hybridized carbons (Fsp3) is 0.900. The van der Waals surface area contributed by atoms with Gasteiger partial charge in [0.2, 0.25) is 0 Å². The van der Waals surface area contributed by atoms with E-state index in [-0.39, 0.29) is 6.42 Å². The second-order valence-electron chi connectivity index (χ2n) is 4.44. The lowest BCUT2D eigenvalue weighted by Gasteiger charge is -2.22. The highest BCUT2D eigenvalue weighted by Gasteiger charge is 2.25. The van der Waals surface area contributed by atoms with Crippen LogP contribution >= 0.6 is 0 Å². The Kier molecular flexibility index (Phi) is 5.35. The van der Waals surface area contributed by atoms with E-state index >= 15 is 0 Å². The fourth-order valence-electron chi connectivity index (χ4n) is 1.91. The van der Waals surface area contributed by atoms with Crippen LogP contribution in [0.2, 0.25) is 0 Å². The van der Waals surface area contributed by atoms with Crippen molar-refractivity contribution in [2.24, 2.45) is 0 Å². The lowest BCUT2D eigenvalue weighted by Crippen LogP contribution is -2.45. The number of aliphatic carboxylic acids is 1. The Labute approximate surface area is 102 Å². The van der Waals surface area contributed by atoms with Gasteiger partial charge in [-0.25, -0.2) is 0 Å². The Balaban J connectivity index is 2.57. The number of rotatable bonds is 5. The molecule has 0 spiro atoms. The maximum atomic E-state index is 12.0. The molecule has 100 valence electrons. The molecule has 1 aliphatic rings. The van der Waals surface area contributed by atoms with Gasteiger partial charge in [-0.1, -0.05) is 12.8 Å². The summed E-state index contributed by atoms with van der Waals surface area (Å²) in [5.41, 5.74) is 0. The first kappa shape index (κ1) is 14.4. The minimum absolute atomic E-state index is 0.201. The number of nitrogens with zero attached hydrogens (tertiary/aromatic N) is 1. The van der Waals surface area contributed by atoms with E-state index in [4.69, 9.17) is 5.11 Å². The van der Waals surface area contributed by atoms with E-state index in [2.05, 4.69) is 4.72 Å². The number of nitrogens with one attached hydrogen (secondary N) is 1. The standard InChI is InChI=1S/C10H20N2O4S/c1-9(8-10(13)14)11-17(15,16)12-6-4-2-3-5-7-12/h9,11H,2-8H2,1H3,(H,13,14). The minimum Gasteiger partial charge on any atom is -0.481 e. The molecule has 1 fully saturated rings. The molecule has 1 rings (SSSR count). The molecular formula is C10H20N2O4S. The topological polar surface area (TPSA) is 86.7 Å². The average molecular weight is 264 g/mol. The van der Waals surface area contributed by atoms with Crippen LogP contribution in [-0.2, 0) is 15.0 Å². The lowest BCUT2D eigenvalue weighted by atomic mass is 10.2. The number of carboxylic acid groups (broad SMARTS) is 1. The van der Waals surface area contributed by atoms with E-state index in [1.54, 1.807) is 6.92 Å². The molecule has 2 N–H and O–H groups in total. The molecule has 0 amide bonds. The molecule has 0 aromatic heterocycles. The van der Waals surface area contributed by atoms with Crippen molar-refractivity contribution in [1.82, 2.24) is 9.03 Å². The van der Waals surface area contributed by atoms with Crippen LogP contribution < -0.4 is 4.72 Å². The Morgan fingerprint density at radius 2 is 1.82 bits per heavy atom. The van der Waals surface area contributed by atoms with Gasteiger partial charge in [-0.05, 0) is 19.8 Å². The molecular weight excluding hydrogens is 244 g/mol. The van der Waals surface area contributed by atoms with Crippen molar-refractivity contribution in [3.63, 3.8) is 0 Å². The summed E-state index contributed by atoms with van der Waals surface area (Å²) in [6.07, 6.45) is 3.64. The molecule has 1 saturated heterocycles. The molecule has 1 unspecified atom stereocenters. The van der Waals surface area contributed by atoms with Gasteiger partial charge in [-0.15, -0.1) is 0 Å². The SMILES string of the molecule is CC(CC(=O)O)NS(=O)(=O)N1CCCCCC1. The van der Waals surface area contributed by atoms with Crippen LogP contribution in [0.4, 0.5) is 0 Å². The van der Waals surface area contributed by atoms with Crippen LogP contribution in [0.15, 0.2) is 0 Å². The van der Waals surface area contributed by atoms with Crippen LogP contribution in [0.1, 0.15) is 39.0 Å². The van der Waals surface area contributed by atoms with Gasteiger partial charge in [0, 0.05) is 19.1 Å². The first-order chi connectivity index (χ1) is 7.92. The summed E-state index contributed by atoms with van der Waals surface area (Å²) in [7, 11) is -3.53. The quantitative estimate of drug-likeness (QED) is 0.759. The highest BCUT2D eigenvalue weighted by atomic mass is 32.2. The third-order valence-electron chi connectivity index (χ3n) is 2.74. The maximum absolute atomic E-state index is 12.0. The van der Waals surface area contributed by atoms with Crippen molar-refractivity contribution in [1.29, 1.82) is 0 Å². The summed E-state index contributed by atoms with van der Waals surface area (Å²) in [4.78, 5) is 10.5. The zero-order chi connectivity index (χ0) is 12.9. The molecule has 1 heterocycles. The molecule has 0 aliphatic carbocycles. The number of hydrogen-bond acceptors (Lipinski definition) is 3. The molecule has 0 aromatic carbocycles. The van der Waals surface area contributed by atoms with Crippen LogP contribution in [0, 0.1) is 0 Å². The van der Waals surface area contributed by atoms with Crippen molar-refractivity contribution in [3.8, 4) is 0 Å². The molecule has 0 saturated carbocycles. The second kappa shape index (κ2) is 6.32. The van der Waals surface area contributed by atoms with E-state index in [9.17, 15) is 13.2 Å². The monoisotopic (exact) mass is 264 g/mol. The maximum Gasteiger partial charge on any atom is 0.304 e. The Hall–Kier alpha value is -0.660. The summed E-state index contributed by atoms with van der Waals surface area (Å²) in [5, 5.41) is 8.59. The van der Waals surface area contributed by atoms with Crippen molar-refractivity contribution in [3.05, 3.63) is 0 Å². The predicted octanol–water partition coefficient (Wildman–Crippen LogP) is 0.560. The van der Waals surface area contributed by atoms with Crippen LogP contribution in [0.5, 0.6) is 0 Å². The Morgan fingerprint density at radius 1 is 1.29 bits per heavy atom.